The molecule has 0 amide bonds. The van der Waals surface area contributed by atoms with E-state index in [1.54, 1.807) is 13.0 Å². The van der Waals surface area contributed by atoms with Crippen LogP contribution in [0.2, 0.25) is 0 Å². The van der Waals surface area contributed by atoms with Crippen LogP contribution in [0, 0.1) is 0 Å². The minimum absolute atomic E-state index is 0.357. The number of hydrogen-bond acceptors (Lipinski definition) is 7. The molecule has 7 nitrogen and oxygen atoms in total. The number of carbonyl (C=O) groups excluding carboxylic acids is 1. The molecule has 0 aliphatic rings. The van der Waals surface area contributed by atoms with Crippen molar-refractivity contribution in [2.45, 2.75) is 26.3 Å². The third kappa shape index (κ3) is 3.56. The summed E-state index contributed by atoms with van der Waals surface area (Å²) in [5.41, 5.74) is 2.45. The molecule has 0 aliphatic carbocycles. The number of nitrogen functional groups attached to an aromatic ring is 1. The number of methoxy groups -OCH3 is 1. The van der Waals surface area contributed by atoms with Gasteiger partial charge in [-0.15, -0.1) is 0 Å². The zero-order valence-electron chi connectivity index (χ0n) is 10.2. The molecule has 1 atom stereocenters. The summed E-state index contributed by atoms with van der Waals surface area (Å²) < 4.78 is 4.61. The molecule has 94 valence electrons. The molecule has 0 saturated heterocycles. The van der Waals surface area contributed by atoms with Crippen molar-refractivity contribution in [3.63, 3.8) is 0 Å². The predicted octanol–water partition coefficient (Wildman–Crippen LogP) is 0.298. The number of rotatable bonds is 5. The number of nitrogens with one attached hydrogen (secondary N) is 2. The Hall–Kier alpha value is -1.89. The molecule has 1 unspecified atom stereocenters. The second kappa shape index (κ2) is 6.00. The molecule has 0 saturated carbocycles. The standard InChI is InChI=1S/C10H17N5O2/c1-4-7-13-8(5-9(14-7)15-11)12-6(2)10(16)17-3/h5-6H,4,11H2,1-3H3,(H2,12,13,14,15). The molecule has 1 aromatic rings. The Morgan fingerprint density at radius 3 is 2.71 bits per heavy atom. The van der Waals surface area contributed by atoms with Crippen molar-refractivity contribution >= 4 is 17.6 Å². The van der Waals surface area contributed by atoms with Crippen LogP contribution in [0.25, 0.3) is 0 Å². The van der Waals surface area contributed by atoms with E-state index in [0.717, 1.165) is 0 Å². The van der Waals surface area contributed by atoms with Gasteiger partial charge in [0, 0.05) is 12.5 Å². The second-order valence-electron chi connectivity index (χ2n) is 3.44. The maximum absolute atomic E-state index is 11.3. The maximum Gasteiger partial charge on any atom is 0.328 e. The van der Waals surface area contributed by atoms with Gasteiger partial charge in [-0.1, -0.05) is 6.92 Å². The number of anilines is 2. The fourth-order valence-corrected chi connectivity index (χ4v) is 1.26. The largest absolute Gasteiger partial charge is 0.467 e. The van der Waals surface area contributed by atoms with Crippen LogP contribution in [0.5, 0.6) is 0 Å². The first-order chi connectivity index (χ1) is 8.10. The zero-order valence-corrected chi connectivity index (χ0v) is 10.2. The van der Waals surface area contributed by atoms with Gasteiger partial charge in [0.1, 0.15) is 23.5 Å². The average Bonchev–Trinajstić information content (AvgIpc) is 2.36. The second-order valence-corrected chi connectivity index (χ2v) is 3.44. The molecule has 4 N–H and O–H groups in total. The van der Waals surface area contributed by atoms with Gasteiger partial charge < -0.3 is 15.5 Å². The van der Waals surface area contributed by atoms with Crippen molar-refractivity contribution < 1.29 is 9.53 Å². The van der Waals surface area contributed by atoms with E-state index in [0.29, 0.717) is 23.9 Å². The van der Waals surface area contributed by atoms with Crippen LogP contribution < -0.4 is 16.6 Å². The van der Waals surface area contributed by atoms with E-state index in [1.165, 1.54) is 7.11 Å². The van der Waals surface area contributed by atoms with E-state index in [2.05, 4.69) is 25.4 Å². The van der Waals surface area contributed by atoms with Crippen LogP contribution in [0.1, 0.15) is 19.7 Å². The maximum atomic E-state index is 11.3. The van der Waals surface area contributed by atoms with Crippen molar-refractivity contribution in [2.24, 2.45) is 5.84 Å². The minimum Gasteiger partial charge on any atom is -0.467 e. The Morgan fingerprint density at radius 2 is 2.18 bits per heavy atom. The molecule has 0 radical (unpaired) electrons. The van der Waals surface area contributed by atoms with E-state index >= 15 is 0 Å². The van der Waals surface area contributed by atoms with E-state index in [-0.39, 0.29) is 5.97 Å². The summed E-state index contributed by atoms with van der Waals surface area (Å²) in [5.74, 6) is 6.61. The summed E-state index contributed by atoms with van der Waals surface area (Å²) in [7, 11) is 1.34. The van der Waals surface area contributed by atoms with Gasteiger partial charge in [-0.25, -0.2) is 20.6 Å². The highest BCUT2D eigenvalue weighted by Gasteiger charge is 2.14. The summed E-state index contributed by atoms with van der Waals surface area (Å²) in [4.78, 5) is 19.6. The summed E-state index contributed by atoms with van der Waals surface area (Å²) >= 11 is 0. The van der Waals surface area contributed by atoms with Crippen LogP contribution in [0.4, 0.5) is 11.6 Å². The number of ether oxygens (including phenoxy) is 1. The van der Waals surface area contributed by atoms with Crippen LogP contribution >= 0.6 is 0 Å². The molecule has 17 heavy (non-hydrogen) atoms. The Morgan fingerprint density at radius 1 is 1.53 bits per heavy atom. The minimum atomic E-state index is -0.481. The van der Waals surface area contributed by atoms with Crippen LogP contribution in [0.3, 0.4) is 0 Å². The first-order valence-electron chi connectivity index (χ1n) is 5.29. The Balaban J connectivity index is 2.86. The smallest absolute Gasteiger partial charge is 0.328 e. The molecule has 0 fully saturated rings. The Labute approximate surface area is 99.7 Å². The summed E-state index contributed by atoms with van der Waals surface area (Å²) in [6, 6.07) is 1.14. The van der Waals surface area contributed by atoms with Gasteiger partial charge in [-0.2, -0.15) is 0 Å². The van der Waals surface area contributed by atoms with E-state index in [1.807, 2.05) is 6.92 Å². The molecule has 1 aromatic heterocycles. The van der Waals surface area contributed by atoms with Crippen molar-refractivity contribution in [1.29, 1.82) is 0 Å². The topological polar surface area (TPSA) is 102 Å². The van der Waals surface area contributed by atoms with Gasteiger partial charge >= 0.3 is 5.97 Å². The molecule has 1 heterocycles. The van der Waals surface area contributed by atoms with Gasteiger partial charge in [0.2, 0.25) is 0 Å². The first-order valence-corrected chi connectivity index (χ1v) is 5.29. The number of carbonyl (C=O) groups is 1. The van der Waals surface area contributed by atoms with Crippen LogP contribution in [0.15, 0.2) is 6.07 Å². The molecule has 1 rings (SSSR count). The predicted molar refractivity (Wildman–Crippen MR) is 64.3 cm³/mol. The number of esters is 1. The molecule has 0 aromatic carbocycles. The van der Waals surface area contributed by atoms with Gasteiger partial charge in [-0.3, -0.25) is 0 Å². The van der Waals surface area contributed by atoms with Gasteiger partial charge in [-0.05, 0) is 6.92 Å². The number of hydrazine groups is 1. The molecule has 0 bridgehead atoms. The molecule has 0 aliphatic heterocycles. The Bertz CT molecular complexity index is 374. The van der Waals surface area contributed by atoms with Crippen molar-refractivity contribution in [3.8, 4) is 0 Å². The highest BCUT2D eigenvalue weighted by atomic mass is 16.5. The van der Waals surface area contributed by atoms with Gasteiger partial charge in [0.05, 0.1) is 7.11 Å². The fourth-order valence-electron chi connectivity index (χ4n) is 1.26. The van der Waals surface area contributed by atoms with Gasteiger partial charge in [0.25, 0.3) is 0 Å². The molecular weight excluding hydrogens is 222 g/mol. The lowest BCUT2D eigenvalue weighted by molar-refractivity contribution is -0.141. The lowest BCUT2D eigenvalue weighted by atomic mass is 10.3. The summed E-state index contributed by atoms with van der Waals surface area (Å²) in [5, 5.41) is 2.92. The number of aromatic nitrogens is 2. The van der Waals surface area contributed by atoms with Gasteiger partial charge in [0.15, 0.2) is 0 Å². The highest BCUT2D eigenvalue weighted by Crippen LogP contribution is 2.12. The monoisotopic (exact) mass is 239 g/mol. The summed E-state index contributed by atoms with van der Waals surface area (Å²) in [6.07, 6.45) is 0.677. The van der Waals surface area contributed by atoms with E-state index in [4.69, 9.17) is 5.84 Å². The van der Waals surface area contributed by atoms with Crippen molar-refractivity contribution in [3.05, 3.63) is 11.9 Å². The third-order valence-electron chi connectivity index (χ3n) is 2.16. The quantitative estimate of drug-likeness (QED) is 0.386. The SMILES string of the molecule is CCc1nc(NN)cc(NC(C)C(=O)OC)n1. The van der Waals surface area contributed by atoms with Crippen molar-refractivity contribution in [1.82, 2.24) is 9.97 Å². The highest BCUT2D eigenvalue weighted by molar-refractivity contribution is 5.78. The lowest BCUT2D eigenvalue weighted by Gasteiger charge is -2.13. The normalized spacial score (nSPS) is 11.8. The number of aryl methyl sites for hydroxylation is 1. The third-order valence-corrected chi connectivity index (χ3v) is 2.16. The molecule has 7 heteroatoms. The zero-order chi connectivity index (χ0) is 12.8. The lowest BCUT2D eigenvalue weighted by Crippen LogP contribution is -2.28. The van der Waals surface area contributed by atoms with Crippen molar-refractivity contribution in [2.75, 3.05) is 17.9 Å². The molecule has 0 spiro atoms. The molecular formula is C10H17N5O2. The Kier molecular flexibility index (Phi) is 4.65. The number of nitrogens with two attached hydrogens (primary N) is 1. The number of nitrogens with zero attached hydrogens (tertiary/aromatic N) is 2. The average molecular weight is 239 g/mol. The van der Waals surface area contributed by atoms with Crippen LogP contribution in [-0.2, 0) is 16.0 Å². The van der Waals surface area contributed by atoms with E-state index in [9.17, 15) is 4.79 Å². The van der Waals surface area contributed by atoms with E-state index < -0.39 is 6.04 Å². The fraction of sp³-hybridized carbons (Fsp3) is 0.500. The van der Waals surface area contributed by atoms with Crippen LogP contribution in [-0.4, -0.2) is 29.1 Å². The summed E-state index contributed by atoms with van der Waals surface area (Å²) in [6.45, 7) is 3.62. The number of hydrogen-bond donors (Lipinski definition) is 3. The first kappa shape index (κ1) is 13.2.